The molecule has 224 valence electrons. The van der Waals surface area contributed by atoms with Crippen molar-refractivity contribution in [3.8, 4) is 0 Å². The van der Waals surface area contributed by atoms with E-state index in [0.717, 1.165) is 33.1 Å². The highest BCUT2D eigenvalue weighted by Gasteiger charge is 2.44. The van der Waals surface area contributed by atoms with Gasteiger partial charge in [-0.05, 0) is 6.42 Å². The van der Waals surface area contributed by atoms with Crippen LogP contribution >= 0.6 is 0 Å². The molecule has 3 atom stereocenters. The SMILES string of the molecule is CCCCCCCCCCCCCCCCCC(=O)OCC1COC(=O)C(OC(C)=O)C(OC(C)=O)C(=O)O1. The molecule has 0 spiro atoms. The van der Waals surface area contributed by atoms with Crippen molar-refractivity contribution in [2.45, 2.75) is 142 Å². The Morgan fingerprint density at radius 3 is 1.59 bits per heavy atom. The van der Waals surface area contributed by atoms with Gasteiger partial charge >= 0.3 is 29.8 Å². The van der Waals surface area contributed by atoms with Gasteiger partial charge in [0.1, 0.15) is 13.2 Å². The van der Waals surface area contributed by atoms with Crippen LogP contribution in [-0.2, 0) is 47.7 Å². The lowest BCUT2D eigenvalue weighted by molar-refractivity contribution is -0.204. The molecule has 10 heteroatoms. The van der Waals surface area contributed by atoms with E-state index in [-0.39, 0.29) is 13.0 Å². The summed E-state index contributed by atoms with van der Waals surface area (Å²) in [7, 11) is 0. The van der Waals surface area contributed by atoms with Crippen LogP contribution in [-0.4, -0.2) is 61.4 Å². The Kier molecular flexibility index (Phi) is 18.7. The molecule has 0 aromatic rings. The lowest BCUT2D eigenvalue weighted by Gasteiger charge is -2.28. The molecule has 0 aromatic carbocycles. The normalized spacial score (nSPS) is 19.3. The maximum atomic E-state index is 12.5. The van der Waals surface area contributed by atoms with E-state index in [1.807, 2.05) is 0 Å². The molecule has 0 N–H and O–H groups in total. The molecule has 0 aliphatic carbocycles. The van der Waals surface area contributed by atoms with Crippen LogP contribution in [0, 0.1) is 0 Å². The van der Waals surface area contributed by atoms with E-state index in [0.29, 0.717) is 6.42 Å². The Morgan fingerprint density at radius 1 is 0.692 bits per heavy atom. The average Bonchev–Trinajstić information content (AvgIpc) is 2.88. The Balaban J connectivity index is 2.18. The monoisotopic (exact) mass is 556 g/mol. The summed E-state index contributed by atoms with van der Waals surface area (Å²) < 4.78 is 25.0. The molecule has 0 aromatic heterocycles. The van der Waals surface area contributed by atoms with Crippen LogP contribution in [0.5, 0.6) is 0 Å². The highest BCUT2D eigenvalue weighted by molar-refractivity contribution is 5.89. The summed E-state index contributed by atoms with van der Waals surface area (Å²) in [6, 6.07) is 0. The summed E-state index contributed by atoms with van der Waals surface area (Å²) in [5.74, 6) is -4.36. The zero-order valence-electron chi connectivity index (χ0n) is 24.0. The Hall–Kier alpha value is -2.65. The summed E-state index contributed by atoms with van der Waals surface area (Å²) in [5, 5.41) is 0. The number of hydrogen-bond donors (Lipinski definition) is 0. The number of esters is 5. The van der Waals surface area contributed by atoms with E-state index in [4.69, 9.17) is 23.7 Å². The highest BCUT2D eigenvalue weighted by Crippen LogP contribution is 2.17. The van der Waals surface area contributed by atoms with Crippen molar-refractivity contribution in [3.05, 3.63) is 0 Å². The molecule has 1 saturated heterocycles. The molecule has 1 heterocycles. The van der Waals surface area contributed by atoms with Gasteiger partial charge < -0.3 is 23.7 Å². The van der Waals surface area contributed by atoms with Crippen molar-refractivity contribution in [3.63, 3.8) is 0 Å². The molecule has 0 amide bonds. The molecular weight excluding hydrogens is 508 g/mol. The first kappa shape index (κ1) is 34.4. The number of ether oxygens (including phenoxy) is 5. The van der Waals surface area contributed by atoms with Crippen molar-refractivity contribution in [2.75, 3.05) is 13.2 Å². The fraction of sp³-hybridized carbons (Fsp3) is 0.828. The second-order valence-corrected chi connectivity index (χ2v) is 10.1. The topological polar surface area (TPSA) is 132 Å². The molecule has 0 radical (unpaired) electrons. The summed E-state index contributed by atoms with van der Waals surface area (Å²) in [6.07, 6.45) is 14.0. The highest BCUT2D eigenvalue weighted by atomic mass is 16.7. The molecule has 1 rings (SSSR count). The molecule has 0 bridgehead atoms. The van der Waals surface area contributed by atoms with Gasteiger partial charge in [-0.15, -0.1) is 0 Å². The van der Waals surface area contributed by atoms with Crippen LogP contribution in [0.25, 0.3) is 0 Å². The van der Waals surface area contributed by atoms with Crippen LogP contribution in [0.2, 0.25) is 0 Å². The fourth-order valence-corrected chi connectivity index (χ4v) is 4.33. The minimum atomic E-state index is -1.82. The number of carbonyl (C=O) groups excluding carboxylic acids is 5. The smallest absolute Gasteiger partial charge is 0.352 e. The van der Waals surface area contributed by atoms with Crippen molar-refractivity contribution in [2.24, 2.45) is 0 Å². The number of rotatable bonds is 20. The maximum absolute atomic E-state index is 12.5. The summed E-state index contributed by atoms with van der Waals surface area (Å²) in [4.78, 5) is 59.6. The third kappa shape index (κ3) is 16.8. The van der Waals surface area contributed by atoms with Gasteiger partial charge in [-0.3, -0.25) is 14.4 Å². The van der Waals surface area contributed by atoms with Gasteiger partial charge in [-0.25, -0.2) is 9.59 Å². The van der Waals surface area contributed by atoms with Crippen LogP contribution in [0.1, 0.15) is 124 Å². The molecule has 1 fully saturated rings. The van der Waals surface area contributed by atoms with E-state index in [1.165, 1.54) is 70.6 Å². The minimum absolute atomic E-state index is 0.239. The molecule has 1 aliphatic heterocycles. The van der Waals surface area contributed by atoms with Gasteiger partial charge in [0, 0.05) is 20.3 Å². The Labute approximate surface area is 232 Å². The van der Waals surface area contributed by atoms with Gasteiger partial charge in [0.05, 0.1) is 0 Å². The minimum Gasteiger partial charge on any atom is -0.462 e. The zero-order chi connectivity index (χ0) is 28.9. The van der Waals surface area contributed by atoms with Crippen molar-refractivity contribution in [1.29, 1.82) is 0 Å². The third-order valence-electron chi connectivity index (χ3n) is 6.43. The molecule has 0 saturated carbocycles. The van der Waals surface area contributed by atoms with Gasteiger partial charge in [-0.1, -0.05) is 96.8 Å². The first-order chi connectivity index (χ1) is 18.7. The second kappa shape index (κ2) is 21.2. The van der Waals surface area contributed by atoms with E-state index >= 15 is 0 Å². The lowest BCUT2D eigenvalue weighted by Crippen LogP contribution is -2.51. The van der Waals surface area contributed by atoms with Crippen LogP contribution < -0.4 is 0 Å². The van der Waals surface area contributed by atoms with Gasteiger partial charge in [0.15, 0.2) is 6.10 Å². The number of cyclic esters (lactones) is 2. The largest absolute Gasteiger partial charge is 0.462 e. The van der Waals surface area contributed by atoms with Gasteiger partial charge in [0.2, 0.25) is 12.2 Å². The predicted molar refractivity (Wildman–Crippen MR) is 142 cm³/mol. The van der Waals surface area contributed by atoms with Crippen LogP contribution in [0.15, 0.2) is 0 Å². The summed E-state index contributed by atoms with van der Waals surface area (Å²) in [5.41, 5.74) is 0. The molecule has 3 unspecified atom stereocenters. The number of carbonyl (C=O) groups is 5. The van der Waals surface area contributed by atoms with Gasteiger partial charge in [0.25, 0.3) is 0 Å². The summed E-state index contributed by atoms with van der Waals surface area (Å²) in [6.45, 7) is 3.58. The van der Waals surface area contributed by atoms with E-state index in [2.05, 4.69) is 6.92 Å². The van der Waals surface area contributed by atoms with Crippen molar-refractivity contribution < 1.29 is 47.7 Å². The standard InChI is InChI=1S/C29H48O10/c1-4-5-6-7-8-9-10-11-12-13-14-15-16-17-18-19-25(32)35-20-24-21-36-28(33)26(37-22(2)30)27(29(34)39-24)38-23(3)31/h24,26-27H,4-21H2,1-3H3. The first-order valence-electron chi connectivity index (χ1n) is 14.6. The average molecular weight is 557 g/mol. The quantitative estimate of drug-likeness (QED) is 0.113. The number of unbranched alkanes of at least 4 members (excludes halogenated alkanes) is 14. The molecule has 39 heavy (non-hydrogen) atoms. The Bertz CT molecular complexity index is 750. The fourth-order valence-electron chi connectivity index (χ4n) is 4.33. The van der Waals surface area contributed by atoms with Crippen molar-refractivity contribution in [1.82, 2.24) is 0 Å². The zero-order valence-corrected chi connectivity index (χ0v) is 24.0. The van der Waals surface area contributed by atoms with Gasteiger partial charge in [-0.2, -0.15) is 0 Å². The lowest BCUT2D eigenvalue weighted by atomic mass is 10.0. The van der Waals surface area contributed by atoms with E-state index in [1.54, 1.807) is 0 Å². The molecule has 10 nitrogen and oxygen atoms in total. The van der Waals surface area contributed by atoms with E-state index < -0.39 is 54.8 Å². The molecular formula is C29H48O10. The maximum Gasteiger partial charge on any atom is 0.352 e. The van der Waals surface area contributed by atoms with Crippen molar-refractivity contribution >= 4 is 29.8 Å². The van der Waals surface area contributed by atoms with Crippen LogP contribution in [0.3, 0.4) is 0 Å². The van der Waals surface area contributed by atoms with E-state index in [9.17, 15) is 24.0 Å². The Morgan fingerprint density at radius 2 is 1.13 bits per heavy atom. The van der Waals surface area contributed by atoms with Crippen LogP contribution in [0.4, 0.5) is 0 Å². The molecule has 1 aliphatic rings. The predicted octanol–water partition coefficient (Wildman–Crippen LogP) is 5.12. The first-order valence-corrected chi connectivity index (χ1v) is 14.6. The summed E-state index contributed by atoms with van der Waals surface area (Å²) >= 11 is 0. The third-order valence-corrected chi connectivity index (χ3v) is 6.43. The second-order valence-electron chi connectivity index (χ2n) is 10.1. The number of hydrogen-bond acceptors (Lipinski definition) is 10.